The number of nitrogens with one attached hydrogen (secondary N) is 1. The maximum absolute atomic E-state index is 13.6. The minimum atomic E-state index is -3.39. The highest BCUT2D eigenvalue weighted by molar-refractivity contribution is 7.90. The quantitative estimate of drug-likeness (QED) is 0.801. The number of rotatable bonds is 5. The average molecular weight is 286 g/mol. The molecule has 3 N–H and O–H groups in total. The van der Waals surface area contributed by atoms with Gasteiger partial charge in [-0.25, -0.2) is 12.8 Å². The van der Waals surface area contributed by atoms with Crippen molar-refractivity contribution < 1.29 is 17.6 Å². The van der Waals surface area contributed by atoms with Gasteiger partial charge in [0.2, 0.25) is 5.91 Å². The van der Waals surface area contributed by atoms with Crippen molar-refractivity contribution in [2.75, 3.05) is 18.8 Å². The molecule has 1 aliphatic rings. The van der Waals surface area contributed by atoms with Crippen LogP contribution < -0.4 is 11.1 Å². The summed E-state index contributed by atoms with van der Waals surface area (Å²) in [5, 5.41) is 2.98. The molecule has 1 amide bonds. The molecule has 0 aromatic heterocycles. The van der Waals surface area contributed by atoms with E-state index in [1.165, 1.54) is 12.1 Å². The third-order valence-corrected chi connectivity index (χ3v) is 4.79. The summed E-state index contributed by atoms with van der Waals surface area (Å²) in [5.74, 6) is -1.63. The molecule has 0 spiro atoms. The van der Waals surface area contributed by atoms with Crippen LogP contribution in [0.15, 0.2) is 18.2 Å². The van der Waals surface area contributed by atoms with E-state index in [2.05, 4.69) is 5.32 Å². The molecule has 19 heavy (non-hydrogen) atoms. The molecule has 0 atom stereocenters. The van der Waals surface area contributed by atoms with Crippen LogP contribution in [0.25, 0.3) is 0 Å². The van der Waals surface area contributed by atoms with Crippen molar-refractivity contribution in [2.24, 2.45) is 11.7 Å². The highest BCUT2D eigenvalue weighted by atomic mass is 32.2. The van der Waals surface area contributed by atoms with E-state index in [4.69, 9.17) is 5.73 Å². The van der Waals surface area contributed by atoms with Gasteiger partial charge in [0.25, 0.3) is 0 Å². The van der Waals surface area contributed by atoms with E-state index in [1.54, 1.807) is 0 Å². The van der Waals surface area contributed by atoms with Crippen LogP contribution in [0, 0.1) is 11.7 Å². The molecule has 1 aliphatic heterocycles. The summed E-state index contributed by atoms with van der Waals surface area (Å²) in [5.41, 5.74) is 5.19. The molecular formula is C12H15FN2O3S. The number of amides is 1. The SMILES string of the molecule is NC(=O)c1ccc(F)c(CS(=O)(=O)CC2CNC2)c1. The third kappa shape index (κ3) is 3.51. The molecule has 1 saturated heterocycles. The second-order valence-electron chi connectivity index (χ2n) is 4.75. The number of hydrogen-bond acceptors (Lipinski definition) is 4. The molecule has 2 rings (SSSR count). The Balaban J connectivity index is 2.17. The number of carbonyl (C=O) groups excluding carboxylic acids is 1. The summed E-state index contributed by atoms with van der Waals surface area (Å²) < 4.78 is 37.4. The Bertz CT molecular complexity index is 597. The average Bonchev–Trinajstić information content (AvgIpc) is 2.26. The largest absolute Gasteiger partial charge is 0.366 e. The van der Waals surface area contributed by atoms with E-state index in [-0.39, 0.29) is 22.8 Å². The first-order valence-electron chi connectivity index (χ1n) is 5.87. The first-order chi connectivity index (χ1) is 8.87. The fourth-order valence-corrected chi connectivity index (χ4v) is 3.73. The molecule has 1 aromatic carbocycles. The Morgan fingerprint density at radius 1 is 1.42 bits per heavy atom. The van der Waals surface area contributed by atoms with E-state index < -0.39 is 27.3 Å². The number of sulfone groups is 1. The third-order valence-electron chi connectivity index (χ3n) is 3.06. The van der Waals surface area contributed by atoms with Crippen molar-refractivity contribution in [1.82, 2.24) is 5.32 Å². The molecule has 0 bridgehead atoms. The molecule has 104 valence electrons. The predicted molar refractivity (Wildman–Crippen MR) is 68.8 cm³/mol. The van der Waals surface area contributed by atoms with Crippen LogP contribution in [0.1, 0.15) is 15.9 Å². The number of primary amides is 1. The van der Waals surface area contributed by atoms with Crippen molar-refractivity contribution in [3.63, 3.8) is 0 Å². The minimum Gasteiger partial charge on any atom is -0.366 e. The standard InChI is InChI=1S/C12H15FN2O3S/c13-11-2-1-9(12(14)16)3-10(11)7-19(17,18)6-8-4-15-5-8/h1-3,8,15H,4-7H2,(H2,14,16). The number of carbonyl (C=O) groups is 1. The Kier molecular flexibility index (Phi) is 3.86. The van der Waals surface area contributed by atoms with Crippen molar-refractivity contribution in [2.45, 2.75) is 5.75 Å². The molecule has 1 fully saturated rings. The van der Waals surface area contributed by atoms with Gasteiger partial charge in [0, 0.05) is 24.2 Å². The number of benzene rings is 1. The van der Waals surface area contributed by atoms with Crippen LogP contribution in [0.3, 0.4) is 0 Å². The summed E-state index contributed by atoms with van der Waals surface area (Å²) in [7, 11) is -3.39. The summed E-state index contributed by atoms with van der Waals surface area (Å²) in [6, 6.07) is 3.51. The molecule has 0 radical (unpaired) electrons. The lowest BCUT2D eigenvalue weighted by molar-refractivity contribution is 0.1000. The second-order valence-corrected chi connectivity index (χ2v) is 6.86. The topological polar surface area (TPSA) is 89.3 Å². The fraction of sp³-hybridized carbons (Fsp3) is 0.417. The zero-order valence-electron chi connectivity index (χ0n) is 10.2. The van der Waals surface area contributed by atoms with Gasteiger partial charge in [-0.15, -0.1) is 0 Å². The first-order valence-corrected chi connectivity index (χ1v) is 7.69. The molecule has 0 saturated carbocycles. The molecule has 1 aromatic rings. The van der Waals surface area contributed by atoms with Gasteiger partial charge in [0.1, 0.15) is 5.82 Å². The van der Waals surface area contributed by atoms with Gasteiger partial charge in [0.15, 0.2) is 9.84 Å². The predicted octanol–water partition coefficient (Wildman–Crippen LogP) is 0.0588. The summed E-state index contributed by atoms with van der Waals surface area (Å²) in [6.45, 7) is 1.34. The molecule has 0 unspecified atom stereocenters. The van der Waals surface area contributed by atoms with Gasteiger partial charge in [0.05, 0.1) is 11.5 Å². The van der Waals surface area contributed by atoms with Crippen LogP contribution in [-0.2, 0) is 15.6 Å². The van der Waals surface area contributed by atoms with E-state index in [0.717, 1.165) is 6.07 Å². The highest BCUT2D eigenvalue weighted by Gasteiger charge is 2.25. The Labute approximate surface area is 110 Å². The van der Waals surface area contributed by atoms with Gasteiger partial charge in [-0.2, -0.15) is 0 Å². The van der Waals surface area contributed by atoms with Crippen LogP contribution in [0.2, 0.25) is 0 Å². The van der Waals surface area contributed by atoms with E-state index in [0.29, 0.717) is 13.1 Å². The second kappa shape index (κ2) is 5.26. The van der Waals surface area contributed by atoms with Crippen molar-refractivity contribution >= 4 is 15.7 Å². The Morgan fingerprint density at radius 2 is 2.11 bits per heavy atom. The van der Waals surface area contributed by atoms with Crippen molar-refractivity contribution in [3.8, 4) is 0 Å². The number of nitrogens with two attached hydrogens (primary N) is 1. The van der Waals surface area contributed by atoms with Crippen LogP contribution in [0.5, 0.6) is 0 Å². The summed E-state index contributed by atoms with van der Waals surface area (Å²) >= 11 is 0. The lowest BCUT2D eigenvalue weighted by Crippen LogP contribution is -2.45. The van der Waals surface area contributed by atoms with Gasteiger partial charge < -0.3 is 11.1 Å². The lowest BCUT2D eigenvalue weighted by atomic mass is 10.1. The van der Waals surface area contributed by atoms with E-state index in [1.807, 2.05) is 0 Å². The lowest BCUT2D eigenvalue weighted by Gasteiger charge is -2.26. The smallest absolute Gasteiger partial charge is 0.248 e. The zero-order chi connectivity index (χ0) is 14.0. The molecule has 5 nitrogen and oxygen atoms in total. The maximum Gasteiger partial charge on any atom is 0.248 e. The molecular weight excluding hydrogens is 271 g/mol. The van der Waals surface area contributed by atoms with Crippen LogP contribution in [-0.4, -0.2) is 33.2 Å². The normalized spacial score (nSPS) is 16.1. The summed E-state index contributed by atoms with van der Waals surface area (Å²) in [6.07, 6.45) is 0. The molecule has 1 heterocycles. The zero-order valence-corrected chi connectivity index (χ0v) is 11.0. The number of halogens is 1. The maximum atomic E-state index is 13.6. The van der Waals surface area contributed by atoms with Crippen LogP contribution >= 0.6 is 0 Å². The molecule has 0 aliphatic carbocycles. The van der Waals surface area contributed by atoms with E-state index >= 15 is 0 Å². The minimum absolute atomic E-state index is 0.0106. The van der Waals surface area contributed by atoms with Crippen molar-refractivity contribution in [3.05, 3.63) is 35.1 Å². The Morgan fingerprint density at radius 3 is 2.63 bits per heavy atom. The monoisotopic (exact) mass is 286 g/mol. The Hall–Kier alpha value is -1.47. The van der Waals surface area contributed by atoms with E-state index in [9.17, 15) is 17.6 Å². The summed E-state index contributed by atoms with van der Waals surface area (Å²) in [4.78, 5) is 11.0. The van der Waals surface area contributed by atoms with Crippen LogP contribution in [0.4, 0.5) is 4.39 Å². The van der Waals surface area contributed by atoms with Gasteiger partial charge >= 0.3 is 0 Å². The van der Waals surface area contributed by atoms with Gasteiger partial charge in [-0.1, -0.05) is 0 Å². The highest BCUT2D eigenvalue weighted by Crippen LogP contribution is 2.17. The van der Waals surface area contributed by atoms with Gasteiger partial charge in [-0.05, 0) is 24.1 Å². The fourth-order valence-electron chi connectivity index (χ4n) is 1.96. The molecule has 7 heteroatoms. The first kappa shape index (κ1) is 14.0. The van der Waals surface area contributed by atoms with Crippen molar-refractivity contribution in [1.29, 1.82) is 0 Å². The number of hydrogen-bond donors (Lipinski definition) is 2. The van der Waals surface area contributed by atoms with Gasteiger partial charge in [-0.3, -0.25) is 4.79 Å².